The van der Waals surface area contributed by atoms with Crippen LogP contribution in [0, 0.1) is 6.92 Å². The average Bonchev–Trinajstić information content (AvgIpc) is 2.79. The van der Waals surface area contributed by atoms with Crippen LogP contribution < -0.4 is 9.30 Å². The van der Waals surface area contributed by atoms with E-state index in [0.717, 1.165) is 16.9 Å². The number of ether oxygens (including phenoxy) is 1. The van der Waals surface area contributed by atoms with Gasteiger partial charge in [0.1, 0.15) is 25.0 Å². The van der Waals surface area contributed by atoms with Crippen LogP contribution in [0.3, 0.4) is 0 Å². The minimum absolute atomic E-state index is 0.218. The normalized spacial score (nSPS) is 12.5. The van der Waals surface area contributed by atoms with Gasteiger partial charge in [0.25, 0.3) is 5.82 Å². The van der Waals surface area contributed by atoms with E-state index in [2.05, 4.69) is 21.3 Å². The van der Waals surface area contributed by atoms with Crippen LogP contribution in [0.5, 0.6) is 5.75 Å². The van der Waals surface area contributed by atoms with E-state index in [-0.39, 0.29) is 6.61 Å². The largest absolute Gasteiger partial charge is 0.491 e. The SMILES string of the molecule is Cc1n(C[C@H](O)COc2cccc(Cl)c2)c2ccccc2[n+]1C. The van der Waals surface area contributed by atoms with E-state index in [1.54, 1.807) is 12.1 Å². The Morgan fingerprint density at radius 1 is 1.22 bits per heavy atom. The topological polar surface area (TPSA) is 38.3 Å². The molecule has 5 heteroatoms. The molecule has 0 aliphatic heterocycles. The molecule has 0 fully saturated rings. The molecule has 0 saturated carbocycles. The standard InChI is InChI=1S/C18H20ClN2O2/c1-13-20(2)17-8-3-4-9-18(17)21(13)11-15(22)12-23-16-7-5-6-14(19)10-16/h3-10,15,22H,11-12H2,1-2H3/q+1/t15-/m0/s1. The molecule has 1 N–H and O–H groups in total. The number of aliphatic hydroxyl groups excluding tert-OH is 1. The Bertz CT molecular complexity index is 829. The van der Waals surface area contributed by atoms with Crippen LogP contribution >= 0.6 is 11.6 Å². The van der Waals surface area contributed by atoms with Gasteiger partial charge in [-0.25, -0.2) is 9.13 Å². The fourth-order valence-corrected chi connectivity index (χ4v) is 2.93. The molecule has 4 nitrogen and oxygen atoms in total. The molecular formula is C18H20ClN2O2+. The molecule has 2 aromatic carbocycles. The van der Waals surface area contributed by atoms with Gasteiger partial charge in [0.15, 0.2) is 11.0 Å². The molecule has 0 aliphatic carbocycles. The van der Waals surface area contributed by atoms with Crippen LogP contribution in [0.1, 0.15) is 5.82 Å². The van der Waals surface area contributed by atoms with Crippen LogP contribution in [0.2, 0.25) is 5.02 Å². The fourth-order valence-electron chi connectivity index (χ4n) is 2.75. The van der Waals surface area contributed by atoms with Gasteiger partial charge in [0.2, 0.25) is 0 Å². The first-order valence-corrected chi connectivity index (χ1v) is 7.94. The fraction of sp³-hybridized carbons (Fsp3) is 0.278. The second kappa shape index (κ2) is 6.60. The van der Waals surface area contributed by atoms with Crippen molar-refractivity contribution >= 4 is 22.6 Å². The highest BCUT2D eigenvalue weighted by Crippen LogP contribution is 2.18. The first-order chi connectivity index (χ1) is 11.1. The molecule has 1 heterocycles. The van der Waals surface area contributed by atoms with E-state index in [0.29, 0.717) is 17.3 Å². The van der Waals surface area contributed by atoms with Crippen LogP contribution in [-0.4, -0.2) is 22.4 Å². The summed E-state index contributed by atoms with van der Waals surface area (Å²) in [5.41, 5.74) is 2.25. The molecule has 120 valence electrons. The summed E-state index contributed by atoms with van der Waals surface area (Å²) in [5.74, 6) is 1.75. The van der Waals surface area contributed by atoms with Crippen molar-refractivity contribution in [1.82, 2.24) is 4.57 Å². The predicted octanol–water partition coefficient (Wildman–Crippen LogP) is 2.87. The van der Waals surface area contributed by atoms with Crippen LogP contribution in [-0.2, 0) is 13.6 Å². The highest BCUT2D eigenvalue weighted by atomic mass is 35.5. The van der Waals surface area contributed by atoms with Gasteiger partial charge in [-0.3, -0.25) is 0 Å². The Balaban J connectivity index is 1.73. The zero-order chi connectivity index (χ0) is 16.4. The number of rotatable bonds is 5. The summed E-state index contributed by atoms with van der Waals surface area (Å²) in [6.07, 6.45) is -0.608. The summed E-state index contributed by atoms with van der Waals surface area (Å²) in [4.78, 5) is 0. The van der Waals surface area contributed by atoms with Crippen LogP contribution in [0.25, 0.3) is 11.0 Å². The zero-order valence-corrected chi connectivity index (χ0v) is 14.0. The Morgan fingerprint density at radius 2 is 2.00 bits per heavy atom. The maximum absolute atomic E-state index is 10.3. The number of aryl methyl sites for hydroxylation is 1. The third kappa shape index (κ3) is 3.33. The number of hydrogen-bond donors (Lipinski definition) is 1. The molecular weight excluding hydrogens is 312 g/mol. The van der Waals surface area contributed by atoms with E-state index in [1.165, 1.54) is 0 Å². The third-order valence-corrected chi connectivity index (χ3v) is 4.28. The lowest BCUT2D eigenvalue weighted by Crippen LogP contribution is -2.32. The molecule has 0 radical (unpaired) electrons. The van der Waals surface area contributed by atoms with Crippen molar-refractivity contribution in [2.24, 2.45) is 7.05 Å². The van der Waals surface area contributed by atoms with E-state index in [1.807, 2.05) is 38.2 Å². The van der Waals surface area contributed by atoms with Crippen LogP contribution in [0.15, 0.2) is 48.5 Å². The Kier molecular flexibility index (Phi) is 4.55. The molecule has 1 aromatic heterocycles. The third-order valence-electron chi connectivity index (χ3n) is 4.04. The highest BCUT2D eigenvalue weighted by Gasteiger charge is 2.21. The van der Waals surface area contributed by atoms with Gasteiger partial charge >= 0.3 is 0 Å². The second-order valence-electron chi connectivity index (χ2n) is 5.63. The monoisotopic (exact) mass is 331 g/mol. The number of fused-ring (bicyclic) bond motifs is 1. The highest BCUT2D eigenvalue weighted by molar-refractivity contribution is 6.30. The Labute approximate surface area is 140 Å². The smallest absolute Gasteiger partial charge is 0.254 e. The number of imidazole rings is 1. The Morgan fingerprint density at radius 3 is 2.78 bits per heavy atom. The van der Waals surface area contributed by atoms with Gasteiger partial charge < -0.3 is 9.84 Å². The van der Waals surface area contributed by atoms with Crippen molar-refractivity contribution in [2.45, 2.75) is 19.6 Å². The van der Waals surface area contributed by atoms with Gasteiger partial charge in [-0.05, 0) is 30.3 Å². The molecule has 3 aromatic rings. The quantitative estimate of drug-likeness (QED) is 0.730. The number of benzene rings is 2. The lowest BCUT2D eigenvalue weighted by atomic mass is 10.3. The number of hydrogen-bond acceptors (Lipinski definition) is 2. The molecule has 0 amide bonds. The predicted molar refractivity (Wildman–Crippen MR) is 90.8 cm³/mol. The Hall–Kier alpha value is -2.04. The van der Waals surface area contributed by atoms with Crippen molar-refractivity contribution in [3.63, 3.8) is 0 Å². The number of aliphatic hydroxyl groups is 1. The lowest BCUT2D eigenvalue weighted by molar-refractivity contribution is -0.652. The summed E-state index contributed by atoms with van der Waals surface area (Å²) in [5, 5.41) is 11.0. The van der Waals surface area contributed by atoms with E-state index < -0.39 is 6.10 Å². The lowest BCUT2D eigenvalue weighted by Gasteiger charge is -2.11. The van der Waals surface area contributed by atoms with Gasteiger partial charge in [-0.1, -0.05) is 29.8 Å². The average molecular weight is 332 g/mol. The number of aromatic nitrogens is 2. The van der Waals surface area contributed by atoms with Gasteiger partial charge in [0, 0.05) is 11.9 Å². The number of para-hydroxylation sites is 2. The van der Waals surface area contributed by atoms with Crippen LogP contribution in [0.4, 0.5) is 0 Å². The molecule has 0 saturated heterocycles. The number of halogens is 1. The first-order valence-electron chi connectivity index (χ1n) is 7.56. The van der Waals surface area contributed by atoms with Crippen molar-refractivity contribution in [1.29, 1.82) is 0 Å². The van der Waals surface area contributed by atoms with Crippen molar-refractivity contribution in [3.05, 3.63) is 59.4 Å². The summed E-state index contributed by atoms with van der Waals surface area (Å²) in [7, 11) is 2.03. The molecule has 1 atom stereocenters. The zero-order valence-electron chi connectivity index (χ0n) is 13.2. The maximum atomic E-state index is 10.3. The molecule has 0 bridgehead atoms. The second-order valence-corrected chi connectivity index (χ2v) is 6.06. The number of nitrogens with zero attached hydrogens (tertiary/aromatic N) is 2. The molecule has 0 spiro atoms. The first kappa shape index (κ1) is 15.8. The summed E-state index contributed by atoms with van der Waals surface area (Å²) in [6, 6.07) is 15.4. The van der Waals surface area contributed by atoms with Crippen molar-refractivity contribution < 1.29 is 14.4 Å². The molecule has 23 heavy (non-hydrogen) atoms. The van der Waals surface area contributed by atoms with Gasteiger partial charge in [-0.2, -0.15) is 0 Å². The van der Waals surface area contributed by atoms with E-state index in [9.17, 15) is 5.11 Å². The van der Waals surface area contributed by atoms with Gasteiger partial charge in [0.05, 0.1) is 7.05 Å². The molecule has 0 unspecified atom stereocenters. The van der Waals surface area contributed by atoms with Crippen molar-refractivity contribution in [2.75, 3.05) is 6.61 Å². The summed E-state index contributed by atoms with van der Waals surface area (Å²) < 4.78 is 9.86. The molecule has 0 aliphatic rings. The summed E-state index contributed by atoms with van der Waals surface area (Å²) >= 11 is 5.93. The maximum Gasteiger partial charge on any atom is 0.254 e. The molecule has 3 rings (SSSR count). The summed E-state index contributed by atoms with van der Waals surface area (Å²) in [6.45, 7) is 2.74. The minimum Gasteiger partial charge on any atom is -0.491 e. The van der Waals surface area contributed by atoms with E-state index in [4.69, 9.17) is 16.3 Å². The minimum atomic E-state index is -0.608. The van der Waals surface area contributed by atoms with Crippen molar-refractivity contribution in [3.8, 4) is 5.75 Å². The van der Waals surface area contributed by atoms with Gasteiger partial charge in [-0.15, -0.1) is 0 Å². The van der Waals surface area contributed by atoms with E-state index >= 15 is 0 Å².